The maximum Gasteiger partial charge on any atom is 0.160 e. The van der Waals surface area contributed by atoms with Gasteiger partial charge in [-0.15, -0.1) is 0 Å². The number of unbranched alkanes of at least 4 members (excludes halogenated alkanes) is 1. The highest BCUT2D eigenvalue weighted by Crippen LogP contribution is 2.26. The van der Waals surface area contributed by atoms with E-state index in [2.05, 4.69) is 20.8 Å². The number of nitrogens with two attached hydrogens (primary N) is 1. The van der Waals surface area contributed by atoms with E-state index < -0.39 is 0 Å². The monoisotopic (exact) mass is 229 g/mol. The highest BCUT2D eigenvalue weighted by atomic mass is 16.7. The summed E-state index contributed by atoms with van der Waals surface area (Å²) in [5, 5.41) is 0. The minimum atomic E-state index is -0.264. The van der Waals surface area contributed by atoms with Gasteiger partial charge in [-0.2, -0.15) is 0 Å². The van der Waals surface area contributed by atoms with Crippen molar-refractivity contribution in [1.82, 2.24) is 0 Å². The van der Waals surface area contributed by atoms with Crippen molar-refractivity contribution in [3.63, 3.8) is 0 Å². The fraction of sp³-hybridized carbons (Fsp3) is 1.00. The van der Waals surface area contributed by atoms with Crippen molar-refractivity contribution in [2.24, 2.45) is 11.7 Å². The molecular weight excluding hydrogens is 202 g/mol. The van der Waals surface area contributed by atoms with Crippen LogP contribution >= 0.6 is 0 Å². The highest BCUT2D eigenvalue weighted by molar-refractivity contribution is 4.85. The maximum absolute atomic E-state index is 6.11. The Labute approximate surface area is 99.7 Å². The molecule has 1 saturated heterocycles. The topological polar surface area (TPSA) is 44.5 Å². The van der Waals surface area contributed by atoms with Gasteiger partial charge in [-0.05, 0) is 19.3 Å². The zero-order chi connectivity index (χ0) is 12.0. The predicted octanol–water partition coefficient (Wildman–Crippen LogP) is 2.68. The molecule has 3 nitrogen and oxygen atoms in total. The van der Waals surface area contributed by atoms with Crippen molar-refractivity contribution in [3.05, 3.63) is 0 Å². The van der Waals surface area contributed by atoms with Gasteiger partial charge in [0.05, 0.1) is 18.8 Å². The van der Waals surface area contributed by atoms with Crippen LogP contribution in [0.1, 0.15) is 52.9 Å². The van der Waals surface area contributed by atoms with E-state index in [-0.39, 0.29) is 11.8 Å². The van der Waals surface area contributed by atoms with Gasteiger partial charge in [0.2, 0.25) is 0 Å². The van der Waals surface area contributed by atoms with E-state index in [1.54, 1.807) is 0 Å². The molecule has 0 aromatic heterocycles. The number of hydrogen-bond donors (Lipinski definition) is 1. The van der Waals surface area contributed by atoms with Gasteiger partial charge in [0, 0.05) is 5.92 Å². The molecule has 1 heterocycles. The van der Waals surface area contributed by atoms with Gasteiger partial charge in [-0.25, -0.2) is 0 Å². The minimum absolute atomic E-state index is 0.0280. The molecule has 0 radical (unpaired) electrons. The standard InChI is InChI=1S/C13H27NO2/c1-4-7-8-11(5-2)12-15-9-13(14,6-3)10-16-12/h11-12H,4-10,14H2,1-3H3/t11-,12?,13?/m1/s1. The summed E-state index contributed by atoms with van der Waals surface area (Å²) < 4.78 is 11.6. The molecule has 1 fully saturated rings. The smallest absolute Gasteiger partial charge is 0.160 e. The molecule has 0 bridgehead atoms. The van der Waals surface area contributed by atoms with Crippen LogP contribution in [0.5, 0.6) is 0 Å². The summed E-state index contributed by atoms with van der Waals surface area (Å²) in [5.74, 6) is 0.529. The number of hydrogen-bond acceptors (Lipinski definition) is 3. The maximum atomic E-state index is 6.11. The fourth-order valence-electron chi connectivity index (χ4n) is 2.06. The van der Waals surface area contributed by atoms with Crippen LogP contribution in [0.4, 0.5) is 0 Å². The Bertz CT molecular complexity index is 188. The SMILES string of the molecule is CCCC[C@@H](CC)C1OCC(N)(CC)CO1. The number of rotatable bonds is 6. The molecule has 1 atom stereocenters. The first kappa shape index (κ1) is 13.9. The summed E-state index contributed by atoms with van der Waals surface area (Å²) in [6.07, 6.45) is 5.68. The molecule has 2 N–H and O–H groups in total. The summed E-state index contributed by atoms with van der Waals surface area (Å²) >= 11 is 0. The molecule has 3 heteroatoms. The minimum Gasteiger partial charge on any atom is -0.350 e. The van der Waals surface area contributed by atoms with Crippen LogP contribution in [-0.4, -0.2) is 25.0 Å². The van der Waals surface area contributed by atoms with Crippen molar-refractivity contribution in [1.29, 1.82) is 0 Å². The van der Waals surface area contributed by atoms with Gasteiger partial charge in [0.1, 0.15) is 0 Å². The molecule has 96 valence electrons. The molecule has 0 spiro atoms. The first-order valence-electron chi connectivity index (χ1n) is 6.67. The van der Waals surface area contributed by atoms with E-state index in [9.17, 15) is 0 Å². The summed E-state index contributed by atoms with van der Waals surface area (Å²) in [7, 11) is 0. The van der Waals surface area contributed by atoms with Crippen LogP contribution in [0.3, 0.4) is 0 Å². The molecule has 0 aromatic carbocycles. The van der Waals surface area contributed by atoms with Crippen molar-refractivity contribution in [3.8, 4) is 0 Å². The van der Waals surface area contributed by atoms with Crippen LogP contribution < -0.4 is 5.73 Å². The Balaban J connectivity index is 2.38. The Morgan fingerprint density at radius 2 is 1.88 bits per heavy atom. The average molecular weight is 229 g/mol. The molecule has 1 rings (SSSR count). The summed E-state index contributed by atoms with van der Waals surface area (Å²) in [4.78, 5) is 0. The molecular formula is C13H27NO2. The van der Waals surface area contributed by atoms with Crippen LogP contribution in [0.15, 0.2) is 0 Å². The van der Waals surface area contributed by atoms with Gasteiger partial charge in [-0.1, -0.05) is 33.6 Å². The lowest BCUT2D eigenvalue weighted by Crippen LogP contribution is -2.55. The molecule has 16 heavy (non-hydrogen) atoms. The van der Waals surface area contributed by atoms with Gasteiger partial charge in [0.15, 0.2) is 6.29 Å². The Hall–Kier alpha value is -0.120. The van der Waals surface area contributed by atoms with Crippen LogP contribution in [0.2, 0.25) is 0 Å². The zero-order valence-electron chi connectivity index (χ0n) is 11.0. The Morgan fingerprint density at radius 3 is 2.31 bits per heavy atom. The van der Waals surface area contributed by atoms with Crippen LogP contribution in [0.25, 0.3) is 0 Å². The van der Waals surface area contributed by atoms with E-state index in [1.807, 2.05) is 0 Å². The first-order chi connectivity index (χ1) is 7.65. The quantitative estimate of drug-likeness (QED) is 0.761. The normalized spacial score (nSPS) is 32.6. The molecule has 0 aromatic rings. The Morgan fingerprint density at radius 1 is 1.25 bits per heavy atom. The lowest BCUT2D eigenvalue weighted by atomic mass is 9.95. The van der Waals surface area contributed by atoms with Crippen LogP contribution in [-0.2, 0) is 9.47 Å². The van der Waals surface area contributed by atoms with Crippen molar-refractivity contribution >= 4 is 0 Å². The molecule has 0 amide bonds. The predicted molar refractivity (Wildman–Crippen MR) is 66.2 cm³/mol. The first-order valence-corrected chi connectivity index (χ1v) is 6.67. The summed E-state index contributed by atoms with van der Waals surface area (Å²) in [5.41, 5.74) is 5.85. The summed E-state index contributed by atoms with van der Waals surface area (Å²) in [6, 6.07) is 0. The highest BCUT2D eigenvalue weighted by Gasteiger charge is 2.34. The van der Waals surface area contributed by atoms with E-state index in [0.717, 1.165) is 12.8 Å². The van der Waals surface area contributed by atoms with Gasteiger partial charge in [-0.3, -0.25) is 0 Å². The molecule has 0 aliphatic carbocycles. The van der Waals surface area contributed by atoms with Gasteiger partial charge >= 0.3 is 0 Å². The van der Waals surface area contributed by atoms with E-state index >= 15 is 0 Å². The number of ether oxygens (including phenoxy) is 2. The Kier molecular flexibility index (Phi) is 5.73. The average Bonchev–Trinajstić information content (AvgIpc) is 2.32. The zero-order valence-corrected chi connectivity index (χ0v) is 11.0. The fourth-order valence-corrected chi connectivity index (χ4v) is 2.06. The van der Waals surface area contributed by atoms with E-state index in [0.29, 0.717) is 19.1 Å². The summed E-state index contributed by atoms with van der Waals surface area (Å²) in [6.45, 7) is 7.78. The third kappa shape index (κ3) is 3.72. The lowest BCUT2D eigenvalue weighted by molar-refractivity contribution is -0.231. The molecule has 1 aliphatic rings. The molecule has 0 saturated carbocycles. The third-order valence-corrected chi connectivity index (χ3v) is 3.61. The van der Waals surface area contributed by atoms with E-state index in [4.69, 9.17) is 15.2 Å². The van der Waals surface area contributed by atoms with Crippen molar-refractivity contribution in [2.45, 2.75) is 64.7 Å². The second kappa shape index (κ2) is 6.58. The van der Waals surface area contributed by atoms with Crippen molar-refractivity contribution in [2.75, 3.05) is 13.2 Å². The molecule has 0 unspecified atom stereocenters. The molecule has 1 aliphatic heterocycles. The lowest BCUT2D eigenvalue weighted by Gasteiger charge is -2.39. The van der Waals surface area contributed by atoms with Crippen molar-refractivity contribution < 1.29 is 9.47 Å². The second-order valence-corrected chi connectivity index (χ2v) is 5.02. The van der Waals surface area contributed by atoms with Gasteiger partial charge in [0.25, 0.3) is 0 Å². The second-order valence-electron chi connectivity index (χ2n) is 5.02. The van der Waals surface area contributed by atoms with Gasteiger partial charge < -0.3 is 15.2 Å². The van der Waals surface area contributed by atoms with Crippen LogP contribution in [0, 0.1) is 5.92 Å². The van der Waals surface area contributed by atoms with E-state index in [1.165, 1.54) is 19.3 Å². The largest absolute Gasteiger partial charge is 0.350 e. The third-order valence-electron chi connectivity index (χ3n) is 3.61.